The van der Waals surface area contributed by atoms with Gasteiger partial charge in [-0.1, -0.05) is 12.1 Å². The highest BCUT2D eigenvalue weighted by Gasteiger charge is 2.35. The maximum atomic E-state index is 13.1. The second-order valence-electron chi connectivity index (χ2n) is 5.39. The van der Waals surface area contributed by atoms with Crippen LogP contribution in [0.5, 0.6) is 0 Å². The van der Waals surface area contributed by atoms with Gasteiger partial charge >= 0.3 is 6.18 Å². The topological polar surface area (TPSA) is 59.3 Å². The molecular formula is C16H12F4N4O. The van der Waals surface area contributed by atoms with Crippen molar-refractivity contribution < 1.29 is 22.4 Å². The number of nitrogens with zero attached hydrogens (tertiary/aromatic N) is 3. The van der Waals surface area contributed by atoms with Crippen LogP contribution >= 0.6 is 0 Å². The third-order valence-electron chi connectivity index (χ3n) is 3.44. The van der Waals surface area contributed by atoms with Crippen LogP contribution in [0, 0.1) is 12.7 Å². The van der Waals surface area contributed by atoms with Crippen molar-refractivity contribution in [1.82, 2.24) is 19.9 Å². The van der Waals surface area contributed by atoms with Gasteiger partial charge in [0.2, 0.25) is 0 Å². The van der Waals surface area contributed by atoms with Crippen LogP contribution in [0.2, 0.25) is 0 Å². The van der Waals surface area contributed by atoms with Crippen molar-refractivity contribution in [2.24, 2.45) is 0 Å². The second kappa shape index (κ2) is 6.15. The number of carbonyl (C=O) groups excluding carboxylic acids is 1. The van der Waals surface area contributed by atoms with Gasteiger partial charge in [-0.25, -0.2) is 13.9 Å². The summed E-state index contributed by atoms with van der Waals surface area (Å²) in [5.41, 5.74) is -0.459. The van der Waals surface area contributed by atoms with Gasteiger partial charge in [0.05, 0.1) is 0 Å². The van der Waals surface area contributed by atoms with Crippen molar-refractivity contribution in [3.63, 3.8) is 0 Å². The van der Waals surface area contributed by atoms with E-state index in [4.69, 9.17) is 0 Å². The number of amides is 1. The lowest BCUT2D eigenvalue weighted by molar-refractivity contribution is -0.142. The minimum Gasteiger partial charge on any atom is -0.347 e. The van der Waals surface area contributed by atoms with E-state index in [1.165, 1.54) is 37.3 Å². The van der Waals surface area contributed by atoms with Gasteiger partial charge in [-0.2, -0.15) is 18.3 Å². The zero-order valence-electron chi connectivity index (χ0n) is 12.9. The molecule has 2 heterocycles. The van der Waals surface area contributed by atoms with Crippen LogP contribution in [-0.4, -0.2) is 20.5 Å². The first-order valence-electron chi connectivity index (χ1n) is 7.21. The largest absolute Gasteiger partial charge is 0.433 e. The first-order valence-corrected chi connectivity index (χ1v) is 7.21. The molecule has 0 spiro atoms. The summed E-state index contributed by atoms with van der Waals surface area (Å²) in [7, 11) is 0. The molecule has 0 unspecified atom stereocenters. The lowest BCUT2D eigenvalue weighted by atomic mass is 10.2. The average molecular weight is 352 g/mol. The molecule has 0 atom stereocenters. The monoisotopic (exact) mass is 352 g/mol. The molecule has 130 valence electrons. The van der Waals surface area contributed by atoms with Gasteiger partial charge in [-0.3, -0.25) is 4.79 Å². The SMILES string of the molecule is Cc1cc(C(F)(F)F)n2nc(C(=O)NCc3ccc(F)cc3)cc2n1. The minimum atomic E-state index is -4.63. The third kappa shape index (κ3) is 3.59. The number of benzene rings is 1. The van der Waals surface area contributed by atoms with Gasteiger partial charge in [0.15, 0.2) is 11.3 Å². The molecular weight excluding hydrogens is 340 g/mol. The number of halogens is 4. The summed E-state index contributed by atoms with van der Waals surface area (Å²) >= 11 is 0. The third-order valence-corrected chi connectivity index (χ3v) is 3.44. The summed E-state index contributed by atoms with van der Waals surface area (Å²) < 4.78 is 52.7. The molecule has 25 heavy (non-hydrogen) atoms. The fourth-order valence-electron chi connectivity index (χ4n) is 2.29. The van der Waals surface area contributed by atoms with E-state index in [0.717, 1.165) is 6.07 Å². The normalized spacial score (nSPS) is 11.7. The van der Waals surface area contributed by atoms with E-state index in [0.29, 0.717) is 10.1 Å². The van der Waals surface area contributed by atoms with Crippen LogP contribution < -0.4 is 5.32 Å². The predicted octanol–water partition coefficient (Wildman–Crippen LogP) is 3.13. The number of carbonyl (C=O) groups is 1. The molecule has 0 aliphatic carbocycles. The maximum Gasteiger partial charge on any atom is 0.433 e. The molecule has 0 saturated carbocycles. The molecule has 1 amide bonds. The number of fused-ring (bicyclic) bond motifs is 1. The van der Waals surface area contributed by atoms with Gasteiger partial charge in [-0.15, -0.1) is 0 Å². The first kappa shape index (κ1) is 16.9. The smallest absolute Gasteiger partial charge is 0.347 e. The molecule has 0 fully saturated rings. The average Bonchev–Trinajstić information content (AvgIpc) is 2.96. The highest BCUT2D eigenvalue weighted by atomic mass is 19.4. The summed E-state index contributed by atoms with van der Waals surface area (Å²) in [5.74, 6) is -1.06. The van der Waals surface area contributed by atoms with Gasteiger partial charge in [-0.05, 0) is 30.7 Å². The molecule has 0 aliphatic heterocycles. The first-order chi connectivity index (χ1) is 11.7. The number of alkyl halides is 3. The Kier molecular flexibility index (Phi) is 4.15. The quantitative estimate of drug-likeness (QED) is 0.737. The van der Waals surface area contributed by atoms with Crippen LogP contribution in [0.15, 0.2) is 36.4 Å². The lowest BCUT2D eigenvalue weighted by Crippen LogP contribution is -2.23. The zero-order chi connectivity index (χ0) is 18.2. The fourth-order valence-corrected chi connectivity index (χ4v) is 2.29. The number of rotatable bonds is 3. The van der Waals surface area contributed by atoms with Crippen LogP contribution in [0.1, 0.15) is 27.4 Å². The highest BCUT2D eigenvalue weighted by molar-refractivity contribution is 5.93. The molecule has 0 bridgehead atoms. The van der Waals surface area contributed by atoms with Crippen molar-refractivity contribution in [3.8, 4) is 0 Å². The molecule has 1 aromatic carbocycles. The Labute approximate surface area is 139 Å². The number of aryl methyl sites for hydroxylation is 1. The Morgan fingerprint density at radius 3 is 2.52 bits per heavy atom. The van der Waals surface area contributed by atoms with E-state index >= 15 is 0 Å². The number of hydrogen-bond acceptors (Lipinski definition) is 3. The summed E-state index contributed by atoms with van der Waals surface area (Å²) in [5, 5.41) is 6.23. The summed E-state index contributed by atoms with van der Waals surface area (Å²) in [6.07, 6.45) is -4.63. The van der Waals surface area contributed by atoms with Crippen molar-refractivity contribution in [2.75, 3.05) is 0 Å². The van der Waals surface area contributed by atoms with E-state index in [9.17, 15) is 22.4 Å². The minimum absolute atomic E-state index is 0.0701. The Hall–Kier alpha value is -2.97. The van der Waals surface area contributed by atoms with Crippen molar-refractivity contribution in [3.05, 3.63) is 64.9 Å². The van der Waals surface area contributed by atoms with Crippen molar-refractivity contribution in [1.29, 1.82) is 0 Å². The second-order valence-corrected chi connectivity index (χ2v) is 5.39. The van der Waals surface area contributed by atoms with Gasteiger partial charge in [0.25, 0.3) is 5.91 Å². The van der Waals surface area contributed by atoms with Crippen LogP contribution in [0.4, 0.5) is 17.6 Å². The Bertz CT molecular complexity index is 932. The molecule has 0 radical (unpaired) electrons. The van der Waals surface area contributed by atoms with Crippen LogP contribution in [0.25, 0.3) is 5.65 Å². The highest BCUT2D eigenvalue weighted by Crippen LogP contribution is 2.29. The zero-order valence-corrected chi connectivity index (χ0v) is 12.9. The number of aromatic nitrogens is 3. The van der Waals surface area contributed by atoms with E-state index in [2.05, 4.69) is 15.4 Å². The van der Waals surface area contributed by atoms with Gasteiger partial charge in [0, 0.05) is 18.3 Å². The fraction of sp³-hybridized carbons (Fsp3) is 0.188. The molecule has 3 aromatic rings. The summed E-state index contributed by atoms with van der Waals surface area (Å²) in [6, 6.07) is 7.52. The predicted molar refractivity (Wildman–Crippen MR) is 80.3 cm³/mol. The molecule has 3 rings (SSSR count). The summed E-state index contributed by atoms with van der Waals surface area (Å²) in [4.78, 5) is 16.1. The van der Waals surface area contributed by atoms with Crippen molar-refractivity contribution >= 4 is 11.6 Å². The Morgan fingerprint density at radius 2 is 1.88 bits per heavy atom. The molecule has 9 heteroatoms. The van der Waals surface area contributed by atoms with E-state index in [1.54, 1.807) is 0 Å². The Balaban J connectivity index is 1.86. The molecule has 0 aliphatic rings. The lowest BCUT2D eigenvalue weighted by Gasteiger charge is -2.09. The van der Waals surface area contributed by atoms with E-state index < -0.39 is 23.6 Å². The number of hydrogen-bond donors (Lipinski definition) is 1. The number of nitrogens with one attached hydrogen (secondary N) is 1. The standard InChI is InChI=1S/C16H12F4N4O/c1-9-6-13(16(18,19)20)24-14(22-9)7-12(23-24)15(25)21-8-10-2-4-11(17)5-3-10/h2-7H,8H2,1H3,(H,21,25). The Morgan fingerprint density at radius 1 is 1.20 bits per heavy atom. The van der Waals surface area contributed by atoms with Crippen LogP contribution in [0.3, 0.4) is 0 Å². The summed E-state index contributed by atoms with van der Waals surface area (Å²) in [6.45, 7) is 1.52. The molecule has 0 saturated heterocycles. The van der Waals surface area contributed by atoms with E-state index in [1.807, 2.05) is 0 Å². The van der Waals surface area contributed by atoms with Crippen LogP contribution in [-0.2, 0) is 12.7 Å². The van der Waals surface area contributed by atoms with Gasteiger partial charge in [0.1, 0.15) is 11.5 Å². The van der Waals surface area contributed by atoms with E-state index in [-0.39, 0.29) is 23.6 Å². The molecule has 1 N–H and O–H groups in total. The maximum absolute atomic E-state index is 13.1. The molecule has 2 aromatic heterocycles. The van der Waals surface area contributed by atoms with Crippen molar-refractivity contribution in [2.45, 2.75) is 19.6 Å². The molecule has 5 nitrogen and oxygen atoms in total. The van der Waals surface area contributed by atoms with Gasteiger partial charge < -0.3 is 5.32 Å².